The average Bonchev–Trinajstić information content (AvgIpc) is 2.30. The van der Waals surface area contributed by atoms with Crippen molar-refractivity contribution in [1.29, 1.82) is 5.26 Å². The van der Waals surface area contributed by atoms with Crippen molar-refractivity contribution in [3.8, 4) is 6.19 Å². The number of guanidine groups is 1. The highest BCUT2D eigenvalue weighted by atomic mass is 31.2. The van der Waals surface area contributed by atoms with Gasteiger partial charge in [-0.25, -0.2) is 4.57 Å². The van der Waals surface area contributed by atoms with E-state index in [2.05, 4.69) is 10.1 Å². The molecule has 7 nitrogen and oxygen atoms in total. The Hall–Kier alpha value is -1.09. The van der Waals surface area contributed by atoms with Crippen LogP contribution in [0.2, 0.25) is 0 Å². The van der Waals surface area contributed by atoms with Crippen LogP contribution in [0.25, 0.3) is 0 Å². The van der Waals surface area contributed by atoms with Crippen LogP contribution in [0.5, 0.6) is 0 Å². The molecule has 0 spiro atoms. The number of hydrogen-bond donors (Lipinski definition) is 2. The molecular formula is C10H21N4O3P. The average molecular weight is 276 g/mol. The Bertz CT molecular complexity index is 327. The summed E-state index contributed by atoms with van der Waals surface area (Å²) in [4.78, 5) is 0. The van der Waals surface area contributed by atoms with Crippen molar-refractivity contribution in [2.75, 3.05) is 13.2 Å². The van der Waals surface area contributed by atoms with Crippen molar-refractivity contribution < 1.29 is 13.6 Å². The van der Waals surface area contributed by atoms with Gasteiger partial charge in [-0.2, -0.15) is 5.26 Å². The van der Waals surface area contributed by atoms with Gasteiger partial charge in [0.1, 0.15) is 0 Å². The molecule has 0 amide bonds. The number of nitrogens with zero attached hydrogens (tertiary/aromatic N) is 2. The largest absolute Gasteiger partial charge is 0.457 e. The van der Waals surface area contributed by atoms with Crippen LogP contribution in [0.15, 0.2) is 4.76 Å². The molecule has 0 saturated carbocycles. The number of nitrogens with one attached hydrogen (secondary N) is 1. The first-order valence-electron chi connectivity index (χ1n) is 5.98. The molecule has 0 aromatic carbocycles. The summed E-state index contributed by atoms with van der Waals surface area (Å²) in [6, 6.07) is 0. The van der Waals surface area contributed by atoms with Gasteiger partial charge in [0.05, 0.1) is 13.2 Å². The molecule has 0 bridgehead atoms. The minimum Gasteiger partial charge on any atom is -0.369 e. The minimum absolute atomic E-state index is 0.270. The lowest BCUT2D eigenvalue weighted by molar-refractivity contribution is 0.200. The fraction of sp³-hybridized carbons (Fsp3) is 0.800. The Morgan fingerprint density at radius 1 is 1.33 bits per heavy atom. The van der Waals surface area contributed by atoms with Gasteiger partial charge in [-0.15, -0.1) is 4.76 Å². The van der Waals surface area contributed by atoms with Gasteiger partial charge >= 0.3 is 7.75 Å². The quantitative estimate of drug-likeness (QED) is 0.167. The van der Waals surface area contributed by atoms with Crippen molar-refractivity contribution in [3.63, 3.8) is 0 Å². The van der Waals surface area contributed by atoms with E-state index in [0.29, 0.717) is 0 Å². The zero-order valence-corrected chi connectivity index (χ0v) is 11.8. The molecule has 8 heteroatoms. The molecule has 0 aliphatic carbocycles. The Morgan fingerprint density at radius 2 is 1.83 bits per heavy atom. The summed E-state index contributed by atoms with van der Waals surface area (Å²) < 4.78 is 26.1. The maximum Gasteiger partial charge on any atom is 0.457 e. The van der Waals surface area contributed by atoms with Crippen molar-refractivity contribution in [2.24, 2.45) is 10.5 Å². The van der Waals surface area contributed by atoms with E-state index in [1.54, 1.807) is 6.19 Å². The molecule has 0 aliphatic rings. The summed E-state index contributed by atoms with van der Waals surface area (Å²) in [6.07, 6.45) is 4.91. The summed E-state index contributed by atoms with van der Waals surface area (Å²) in [5, 5.41) is 10.5. The molecule has 0 atom stereocenters. The van der Waals surface area contributed by atoms with Gasteiger partial charge in [0.2, 0.25) is 5.96 Å². The molecule has 18 heavy (non-hydrogen) atoms. The van der Waals surface area contributed by atoms with E-state index in [9.17, 15) is 4.57 Å². The Labute approximate surface area is 108 Å². The van der Waals surface area contributed by atoms with E-state index in [-0.39, 0.29) is 19.2 Å². The van der Waals surface area contributed by atoms with Gasteiger partial charge in [-0.05, 0) is 12.8 Å². The molecule has 0 radical (unpaired) electrons. The third kappa shape index (κ3) is 8.07. The molecule has 0 rings (SSSR count). The molecular weight excluding hydrogens is 255 g/mol. The maximum atomic E-state index is 12.2. The second kappa shape index (κ2) is 9.89. The minimum atomic E-state index is -3.62. The number of nitrogens with two attached hydrogens (primary N) is 1. The first kappa shape index (κ1) is 16.9. The number of rotatable bonds is 9. The lowest BCUT2D eigenvalue weighted by Crippen LogP contribution is -2.27. The maximum absolute atomic E-state index is 12.2. The predicted octanol–water partition coefficient (Wildman–Crippen LogP) is 2.11. The van der Waals surface area contributed by atoms with Gasteiger partial charge in [0.15, 0.2) is 6.19 Å². The zero-order valence-electron chi connectivity index (χ0n) is 10.9. The van der Waals surface area contributed by atoms with Gasteiger partial charge in [0.25, 0.3) is 0 Å². The first-order valence-corrected chi connectivity index (χ1v) is 7.47. The van der Waals surface area contributed by atoms with E-state index in [1.165, 1.54) is 0 Å². The van der Waals surface area contributed by atoms with Crippen molar-refractivity contribution in [1.82, 2.24) is 5.32 Å². The molecule has 0 aromatic heterocycles. The first-order chi connectivity index (χ1) is 8.58. The van der Waals surface area contributed by atoms with Crippen molar-refractivity contribution in [3.05, 3.63) is 0 Å². The van der Waals surface area contributed by atoms with E-state index in [4.69, 9.17) is 20.0 Å². The van der Waals surface area contributed by atoms with Crippen LogP contribution in [0.1, 0.15) is 39.5 Å². The van der Waals surface area contributed by atoms with Crippen LogP contribution in [0, 0.1) is 11.5 Å². The van der Waals surface area contributed by atoms with Crippen LogP contribution in [0.4, 0.5) is 0 Å². The molecule has 0 heterocycles. The molecule has 0 fully saturated rings. The van der Waals surface area contributed by atoms with E-state index < -0.39 is 7.75 Å². The van der Waals surface area contributed by atoms with Gasteiger partial charge in [-0.3, -0.25) is 14.4 Å². The molecule has 3 N–H and O–H groups in total. The number of unbranched alkanes of at least 4 members (excludes halogenated alkanes) is 2. The second-order valence-corrected chi connectivity index (χ2v) is 5.22. The van der Waals surface area contributed by atoms with Crippen LogP contribution in [-0.4, -0.2) is 19.2 Å². The molecule has 0 aromatic rings. The summed E-state index contributed by atoms with van der Waals surface area (Å²) in [5.74, 6) is -0.270. The molecule has 0 aliphatic heterocycles. The van der Waals surface area contributed by atoms with E-state index in [1.807, 2.05) is 13.8 Å². The Balaban J connectivity index is 4.53. The third-order valence-electron chi connectivity index (χ3n) is 1.92. The predicted molar refractivity (Wildman–Crippen MR) is 69.7 cm³/mol. The fourth-order valence-electron chi connectivity index (χ4n) is 0.958. The summed E-state index contributed by atoms with van der Waals surface area (Å²) >= 11 is 0. The third-order valence-corrected chi connectivity index (χ3v) is 3.40. The molecule has 104 valence electrons. The highest BCUT2D eigenvalue weighted by molar-refractivity contribution is 7.52. The van der Waals surface area contributed by atoms with E-state index in [0.717, 1.165) is 25.7 Å². The monoisotopic (exact) mass is 276 g/mol. The van der Waals surface area contributed by atoms with Crippen molar-refractivity contribution >= 4 is 13.7 Å². The van der Waals surface area contributed by atoms with Gasteiger partial charge in [0, 0.05) is 0 Å². The van der Waals surface area contributed by atoms with Crippen LogP contribution >= 0.6 is 7.75 Å². The van der Waals surface area contributed by atoms with E-state index >= 15 is 0 Å². The Morgan fingerprint density at radius 3 is 2.22 bits per heavy atom. The van der Waals surface area contributed by atoms with Crippen LogP contribution in [-0.2, 0) is 13.6 Å². The van der Waals surface area contributed by atoms with Crippen LogP contribution < -0.4 is 11.1 Å². The normalized spacial score (nSPS) is 12.2. The zero-order chi connectivity index (χ0) is 13.9. The highest BCUT2D eigenvalue weighted by Crippen LogP contribution is 2.50. The van der Waals surface area contributed by atoms with Gasteiger partial charge in [-0.1, -0.05) is 26.7 Å². The molecule has 0 saturated heterocycles. The Kier molecular flexibility index (Phi) is 9.29. The fourth-order valence-corrected chi connectivity index (χ4v) is 2.18. The lowest BCUT2D eigenvalue weighted by atomic mass is 10.4. The number of nitriles is 1. The van der Waals surface area contributed by atoms with Crippen molar-refractivity contribution in [2.45, 2.75) is 39.5 Å². The lowest BCUT2D eigenvalue weighted by Gasteiger charge is -2.14. The summed E-state index contributed by atoms with van der Waals surface area (Å²) in [6.45, 7) is 4.54. The number of hydrogen-bond acceptors (Lipinski definition) is 4. The smallest absolute Gasteiger partial charge is 0.369 e. The highest BCUT2D eigenvalue weighted by Gasteiger charge is 2.24. The molecule has 0 unspecified atom stereocenters. The van der Waals surface area contributed by atoms with Gasteiger partial charge < -0.3 is 5.73 Å². The second-order valence-electron chi connectivity index (χ2n) is 3.56. The standard InChI is InChI=1S/C10H21N4O3P/c1-3-5-7-16-18(15,17-8-6-4-2)14-10(12)13-9-11/h3-8H2,1-2H3,(H3,12,13,14,15). The summed E-state index contributed by atoms with van der Waals surface area (Å²) in [5.41, 5.74) is 5.36. The topological polar surface area (TPSA) is 110 Å². The SMILES string of the molecule is CCCCOP(=O)(/N=C(/N)NC#N)OCCCC. The summed E-state index contributed by atoms with van der Waals surface area (Å²) in [7, 11) is -3.62. The van der Waals surface area contributed by atoms with Crippen LogP contribution in [0.3, 0.4) is 0 Å².